The minimum atomic E-state index is -3.48. The molecule has 1 aliphatic rings. The first-order chi connectivity index (χ1) is 13.3. The third-order valence-corrected chi connectivity index (χ3v) is 6.42. The van der Waals surface area contributed by atoms with Crippen molar-refractivity contribution in [2.24, 2.45) is 4.99 Å². The van der Waals surface area contributed by atoms with Crippen molar-refractivity contribution in [1.82, 2.24) is 20.3 Å². The van der Waals surface area contributed by atoms with Crippen LogP contribution in [0.4, 0.5) is 0 Å². The Hall–Kier alpha value is -1.64. The van der Waals surface area contributed by atoms with Gasteiger partial charge in [0.15, 0.2) is 5.96 Å². The lowest BCUT2D eigenvalue weighted by molar-refractivity contribution is 0.102. The smallest absolute Gasteiger partial charge is 0.240 e. The van der Waals surface area contributed by atoms with Crippen LogP contribution in [-0.4, -0.2) is 64.1 Å². The van der Waals surface area contributed by atoms with E-state index in [1.807, 2.05) is 6.92 Å². The molecule has 1 saturated heterocycles. The van der Waals surface area contributed by atoms with E-state index < -0.39 is 10.0 Å². The average molecular weight is 410 g/mol. The van der Waals surface area contributed by atoms with Gasteiger partial charge in [-0.25, -0.2) is 13.1 Å². The fourth-order valence-corrected chi connectivity index (χ4v) is 4.32. The van der Waals surface area contributed by atoms with Gasteiger partial charge in [-0.3, -0.25) is 9.89 Å². The highest BCUT2D eigenvalue weighted by Gasteiger charge is 2.27. The zero-order chi connectivity index (χ0) is 20.5. The van der Waals surface area contributed by atoms with Crippen molar-refractivity contribution < 1.29 is 8.42 Å². The van der Waals surface area contributed by atoms with E-state index in [-0.39, 0.29) is 17.0 Å². The topological polar surface area (TPSA) is 85.8 Å². The molecule has 1 heterocycles. The molecule has 0 aliphatic carbocycles. The Morgan fingerprint density at radius 3 is 2.39 bits per heavy atom. The first kappa shape index (κ1) is 22.6. The van der Waals surface area contributed by atoms with Gasteiger partial charge in [-0.2, -0.15) is 0 Å². The molecule has 158 valence electrons. The van der Waals surface area contributed by atoms with Crippen LogP contribution in [0, 0.1) is 0 Å². The summed E-state index contributed by atoms with van der Waals surface area (Å²) in [5.74, 6) is 0.714. The number of piperidine rings is 1. The van der Waals surface area contributed by atoms with E-state index >= 15 is 0 Å². The Bertz CT molecular complexity index is 713. The predicted molar refractivity (Wildman–Crippen MR) is 115 cm³/mol. The van der Waals surface area contributed by atoms with Gasteiger partial charge in [-0.05, 0) is 58.8 Å². The van der Waals surface area contributed by atoms with Crippen LogP contribution >= 0.6 is 0 Å². The summed E-state index contributed by atoms with van der Waals surface area (Å²) in [6.07, 6.45) is 3.83. The molecule has 0 atom stereocenters. The molecule has 0 saturated carbocycles. The Kier molecular flexibility index (Phi) is 8.72. The van der Waals surface area contributed by atoms with Gasteiger partial charge in [0.2, 0.25) is 10.0 Å². The van der Waals surface area contributed by atoms with E-state index in [4.69, 9.17) is 4.99 Å². The van der Waals surface area contributed by atoms with Crippen LogP contribution in [0.25, 0.3) is 0 Å². The third kappa shape index (κ3) is 7.07. The molecular weight excluding hydrogens is 374 g/mol. The minimum Gasteiger partial charge on any atom is -0.357 e. The lowest BCUT2D eigenvalue weighted by atomic mass is 9.99. The van der Waals surface area contributed by atoms with Crippen molar-refractivity contribution in [3.63, 3.8) is 0 Å². The highest BCUT2D eigenvalue weighted by molar-refractivity contribution is 7.89. The van der Waals surface area contributed by atoms with Crippen LogP contribution in [0.2, 0.25) is 0 Å². The molecule has 1 aromatic rings. The molecule has 0 aromatic heterocycles. The average Bonchev–Trinajstić information content (AvgIpc) is 2.70. The van der Waals surface area contributed by atoms with Crippen molar-refractivity contribution in [3.05, 3.63) is 30.3 Å². The molecule has 1 aromatic carbocycles. The van der Waals surface area contributed by atoms with Crippen molar-refractivity contribution >= 4 is 16.0 Å². The first-order valence-electron chi connectivity index (χ1n) is 10.2. The fourth-order valence-electron chi connectivity index (χ4n) is 3.26. The number of hydrogen-bond acceptors (Lipinski definition) is 4. The van der Waals surface area contributed by atoms with Crippen LogP contribution in [-0.2, 0) is 10.0 Å². The third-order valence-electron chi connectivity index (χ3n) is 4.94. The lowest BCUT2D eigenvalue weighted by Crippen LogP contribution is -2.50. The summed E-state index contributed by atoms with van der Waals surface area (Å²) in [6, 6.07) is 8.40. The van der Waals surface area contributed by atoms with Crippen molar-refractivity contribution in [1.29, 1.82) is 0 Å². The normalized spacial score (nSPS) is 16.8. The second-order valence-electron chi connectivity index (χ2n) is 7.69. The van der Waals surface area contributed by atoms with Gasteiger partial charge in [-0.1, -0.05) is 24.6 Å². The van der Waals surface area contributed by atoms with Crippen LogP contribution in [0.5, 0.6) is 0 Å². The fraction of sp³-hybridized carbons (Fsp3) is 0.650. The summed E-state index contributed by atoms with van der Waals surface area (Å²) >= 11 is 0. The number of nitrogens with zero attached hydrogens (tertiary/aromatic N) is 2. The van der Waals surface area contributed by atoms with Crippen molar-refractivity contribution in [2.45, 2.75) is 50.5 Å². The van der Waals surface area contributed by atoms with Gasteiger partial charge in [0, 0.05) is 25.2 Å². The van der Waals surface area contributed by atoms with E-state index in [0.29, 0.717) is 19.0 Å². The molecule has 0 bridgehead atoms. The predicted octanol–water partition coefficient (Wildman–Crippen LogP) is 1.78. The molecule has 3 N–H and O–H groups in total. The molecule has 7 nitrogen and oxygen atoms in total. The molecule has 1 aliphatic heterocycles. The molecule has 0 unspecified atom stereocenters. The second-order valence-corrected chi connectivity index (χ2v) is 9.46. The quantitative estimate of drug-likeness (QED) is 0.329. The minimum absolute atomic E-state index is 0.0116. The molecule has 2 rings (SSSR count). The summed E-state index contributed by atoms with van der Waals surface area (Å²) in [5.41, 5.74) is 0.0116. The molecule has 28 heavy (non-hydrogen) atoms. The van der Waals surface area contributed by atoms with Crippen molar-refractivity contribution in [2.75, 3.05) is 39.3 Å². The number of nitrogens with one attached hydrogen (secondary N) is 3. The summed E-state index contributed by atoms with van der Waals surface area (Å²) in [6.45, 7) is 11.0. The van der Waals surface area contributed by atoms with Crippen LogP contribution < -0.4 is 15.4 Å². The second kappa shape index (κ2) is 10.8. The summed E-state index contributed by atoms with van der Waals surface area (Å²) in [5, 5.41) is 6.44. The SMILES string of the molecule is CCNC(=NCC(C)(C)N1CCCCC1)NCCNS(=O)(=O)c1ccccc1. The van der Waals surface area contributed by atoms with Crippen molar-refractivity contribution in [3.8, 4) is 0 Å². The van der Waals surface area contributed by atoms with Gasteiger partial charge in [0.05, 0.1) is 11.4 Å². The standard InChI is InChI=1S/C20H35N5O2S/c1-4-21-19(23-17-20(2,3)25-15-9-6-10-16-25)22-13-14-24-28(26,27)18-11-7-5-8-12-18/h5,7-8,11-12,24H,4,6,9-10,13-17H2,1-3H3,(H2,21,22,23). The highest BCUT2D eigenvalue weighted by Crippen LogP contribution is 2.20. The van der Waals surface area contributed by atoms with E-state index in [1.165, 1.54) is 19.3 Å². The maximum absolute atomic E-state index is 12.2. The molecule has 8 heteroatoms. The van der Waals surface area contributed by atoms with E-state index in [9.17, 15) is 8.42 Å². The van der Waals surface area contributed by atoms with E-state index in [2.05, 4.69) is 34.1 Å². The maximum atomic E-state index is 12.2. The number of rotatable bonds is 9. The molecule has 1 fully saturated rings. The summed E-state index contributed by atoms with van der Waals surface area (Å²) < 4.78 is 27.1. The summed E-state index contributed by atoms with van der Waals surface area (Å²) in [7, 11) is -3.48. The largest absolute Gasteiger partial charge is 0.357 e. The number of aliphatic imine (C=N–C) groups is 1. The molecule has 0 amide bonds. The van der Waals surface area contributed by atoms with Crippen LogP contribution in [0.3, 0.4) is 0 Å². The Morgan fingerprint density at radius 1 is 1.07 bits per heavy atom. The van der Waals surface area contributed by atoms with Gasteiger partial charge in [0.1, 0.15) is 0 Å². The van der Waals surface area contributed by atoms with E-state index in [1.54, 1.807) is 30.3 Å². The van der Waals surface area contributed by atoms with Crippen LogP contribution in [0.15, 0.2) is 40.2 Å². The first-order valence-corrected chi connectivity index (χ1v) is 11.7. The molecule has 0 radical (unpaired) electrons. The zero-order valence-corrected chi connectivity index (χ0v) is 18.2. The van der Waals surface area contributed by atoms with Gasteiger partial charge >= 0.3 is 0 Å². The van der Waals surface area contributed by atoms with E-state index in [0.717, 1.165) is 19.6 Å². The Balaban J connectivity index is 1.84. The Labute approximate surface area is 170 Å². The number of sulfonamides is 1. The van der Waals surface area contributed by atoms with Gasteiger partial charge in [-0.15, -0.1) is 0 Å². The lowest BCUT2D eigenvalue weighted by Gasteiger charge is -2.40. The monoisotopic (exact) mass is 409 g/mol. The van der Waals surface area contributed by atoms with Crippen LogP contribution in [0.1, 0.15) is 40.0 Å². The van der Waals surface area contributed by atoms with Gasteiger partial charge < -0.3 is 10.6 Å². The number of hydrogen-bond donors (Lipinski definition) is 3. The number of benzene rings is 1. The summed E-state index contributed by atoms with van der Waals surface area (Å²) in [4.78, 5) is 7.52. The number of guanidine groups is 1. The maximum Gasteiger partial charge on any atom is 0.240 e. The van der Waals surface area contributed by atoms with Gasteiger partial charge in [0.25, 0.3) is 0 Å². The Morgan fingerprint density at radius 2 is 1.75 bits per heavy atom. The zero-order valence-electron chi connectivity index (χ0n) is 17.4. The number of likely N-dealkylation sites (tertiary alicyclic amines) is 1. The molecule has 0 spiro atoms. The highest BCUT2D eigenvalue weighted by atomic mass is 32.2. The molecular formula is C20H35N5O2S.